The van der Waals surface area contributed by atoms with Gasteiger partial charge in [-0.15, -0.1) is 0 Å². The molecule has 1 aromatic rings. The molecule has 1 fully saturated rings. The zero-order valence-corrected chi connectivity index (χ0v) is 21.1. The lowest BCUT2D eigenvalue weighted by molar-refractivity contribution is -0.140. The summed E-state index contributed by atoms with van der Waals surface area (Å²) in [5.74, 6) is 1.16. The van der Waals surface area contributed by atoms with Crippen molar-refractivity contribution in [3.8, 4) is 5.75 Å². The van der Waals surface area contributed by atoms with Crippen molar-refractivity contribution < 1.29 is 14.3 Å². The van der Waals surface area contributed by atoms with Gasteiger partial charge in [0.25, 0.3) is 11.8 Å². The number of ether oxygens (including phenoxy) is 1. The SMILES string of the molecule is CC(C)=CCOc1ccc(C2=C(CC(C)C)C(=O)N(C(CNC3CC3)CC(C)C)C2=O)cc1. The van der Waals surface area contributed by atoms with E-state index in [0.29, 0.717) is 42.7 Å². The van der Waals surface area contributed by atoms with Crippen LogP contribution in [0.2, 0.25) is 0 Å². The van der Waals surface area contributed by atoms with Gasteiger partial charge in [-0.25, -0.2) is 0 Å². The van der Waals surface area contributed by atoms with Crippen LogP contribution in [0.25, 0.3) is 5.57 Å². The number of amides is 2. The van der Waals surface area contributed by atoms with Crippen molar-refractivity contribution in [3.63, 3.8) is 0 Å². The van der Waals surface area contributed by atoms with Crippen LogP contribution in [0.4, 0.5) is 0 Å². The van der Waals surface area contributed by atoms with Crippen molar-refractivity contribution in [2.24, 2.45) is 11.8 Å². The van der Waals surface area contributed by atoms with E-state index in [4.69, 9.17) is 4.74 Å². The third-order valence-electron chi connectivity index (χ3n) is 6.04. The van der Waals surface area contributed by atoms with Gasteiger partial charge in [0.15, 0.2) is 0 Å². The highest BCUT2D eigenvalue weighted by atomic mass is 16.5. The van der Waals surface area contributed by atoms with Crippen LogP contribution in [0, 0.1) is 11.8 Å². The van der Waals surface area contributed by atoms with E-state index in [2.05, 4.69) is 33.0 Å². The van der Waals surface area contributed by atoms with E-state index in [1.807, 2.05) is 44.2 Å². The first-order chi connectivity index (χ1) is 15.7. The predicted octanol–water partition coefficient (Wildman–Crippen LogP) is 5.37. The van der Waals surface area contributed by atoms with Crippen molar-refractivity contribution in [2.45, 2.75) is 79.3 Å². The Balaban J connectivity index is 1.86. The summed E-state index contributed by atoms with van der Waals surface area (Å²) in [5, 5.41) is 3.54. The number of carbonyl (C=O) groups is 2. The molecule has 1 saturated carbocycles. The minimum Gasteiger partial charge on any atom is -0.490 e. The van der Waals surface area contributed by atoms with Crippen LogP contribution < -0.4 is 10.1 Å². The normalized spacial score (nSPS) is 17.4. The molecule has 0 saturated heterocycles. The Labute approximate surface area is 199 Å². The molecular formula is C28H40N2O3. The van der Waals surface area contributed by atoms with E-state index in [9.17, 15) is 9.59 Å². The maximum Gasteiger partial charge on any atom is 0.262 e. The van der Waals surface area contributed by atoms with E-state index in [1.54, 1.807) is 4.90 Å². The molecule has 1 N–H and O–H groups in total. The van der Waals surface area contributed by atoms with Crippen LogP contribution in [-0.2, 0) is 9.59 Å². The Kier molecular flexibility index (Phi) is 8.52. The first-order valence-electron chi connectivity index (χ1n) is 12.4. The monoisotopic (exact) mass is 452 g/mol. The van der Waals surface area contributed by atoms with Crippen LogP contribution in [0.5, 0.6) is 5.75 Å². The molecular weight excluding hydrogens is 412 g/mol. The highest BCUT2D eigenvalue weighted by Gasteiger charge is 2.42. The van der Waals surface area contributed by atoms with E-state index >= 15 is 0 Å². The summed E-state index contributed by atoms with van der Waals surface area (Å²) in [6, 6.07) is 7.99. The Bertz CT molecular complexity index is 904. The summed E-state index contributed by atoms with van der Waals surface area (Å²) in [5.41, 5.74) is 3.20. The average Bonchev–Trinajstić information content (AvgIpc) is 3.52. The first-order valence-corrected chi connectivity index (χ1v) is 12.4. The second kappa shape index (κ2) is 11.1. The number of nitrogens with one attached hydrogen (secondary N) is 1. The van der Waals surface area contributed by atoms with Crippen molar-refractivity contribution in [1.82, 2.24) is 10.2 Å². The highest BCUT2D eigenvalue weighted by Crippen LogP contribution is 2.36. The number of benzene rings is 1. The van der Waals surface area contributed by atoms with Gasteiger partial charge in [0.05, 0.1) is 11.6 Å². The summed E-state index contributed by atoms with van der Waals surface area (Å²) in [7, 11) is 0. The topological polar surface area (TPSA) is 58.6 Å². The standard InChI is InChI=1S/C28H40N2O3/c1-18(2)13-14-33-24-11-7-21(8-12-24)26-25(16-20(5)6)27(31)30(28(26)32)23(15-19(3)4)17-29-22-9-10-22/h7-8,11-13,19-20,22-23,29H,9-10,14-17H2,1-6H3. The van der Waals surface area contributed by atoms with Crippen molar-refractivity contribution in [1.29, 1.82) is 0 Å². The van der Waals surface area contributed by atoms with E-state index in [-0.39, 0.29) is 23.8 Å². The molecule has 0 bridgehead atoms. The zero-order chi connectivity index (χ0) is 24.1. The lowest BCUT2D eigenvalue weighted by atomic mass is 9.95. The number of hydrogen-bond donors (Lipinski definition) is 1. The van der Waals surface area contributed by atoms with E-state index < -0.39 is 0 Å². The molecule has 0 spiro atoms. The molecule has 1 aromatic carbocycles. The van der Waals surface area contributed by atoms with Gasteiger partial charge < -0.3 is 10.1 Å². The lowest BCUT2D eigenvalue weighted by Gasteiger charge is -2.29. The van der Waals surface area contributed by atoms with Gasteiger partial charge >= 0.3 is 0 Å². The van der Waals surface area contributed by atoms with Gasteiger partial charge in [0.2, 0.25) is 0 Å². The maximum atomic E-state index is 13.7. The molecule has 33 heavy (non-hydrogen) atoms. The zero-order valence-electron chi connectivity index (χ0n) is 21.1. The first kappa shape index (κ1) is 25.2. The van der Waals surface area contributed by atoms with Gasteiger partial charge in [-0.2, -0.15) is 0 Å². The number of carbonyl (C=O) groups excluding carboxylic acids is 2. The fourth-order valence-electron chi connectivity index (χ4n) is 4.26. The number of hydrogen-bond acceptors (Lipinski definition) is 4. The summed E-state index contributed by atoms with van der Waals surface area (Å²) < 4.78 is 5.77. The van der Waals surface area contributed by atoms with Gasteiger partial charge in [0, 0.05) is 18.2 Å². The molecule has 1 heterocycles. The van der Waals surface area contributed by atoms with Gasteiger partial charge in [0.1, 0.15) is 12.4 Å². The van der Waals surface area contributed by atoms with Crippen LogP contribution in [0.1, 0.15) is 72.8 Å². The Morgan fingerprint density at radius 3 is 2.27 bits per heavy atom. The third-order valence-corrected chi connectivity index (χ3v) is 6.04. The largest absolute Gasteiger partial charge is 0.490 e. The summed E-state index contributed by atoms with van der Waals surface area (Å²) in [4.78, 5) is 28.8. The second-order valence-electron chi connectivity index (χ2n) is 10.5. The second-order valence-corrected chi connectivity index (χ2v) is 10.5. The van der Waals surface area contributed by atoms with Crippen molar-refractivity contribution in [3.05, 3.63) is 47.1 Å². The minimum atomic E-state index is -0.155. The fraction of sp³-hybridized carbons (Fsp3) is 0.571. The van der Waals surface area contributed by atoms with Crippen LogP contribution in [0.15, 0.2) is 41.5 Å². The molecule has 2 amide bonds. The molecule has 3 rings (SSSR count). The van der Waals surface area contributed by atoms with Gasteiger partial charge in [-0.1, -0.05) is 45.4 Å². The van der Waals surface area contributed by atoms with Crippen molar-refractivity contribution >= 4 is 17.4 Å². The quantitative estimate of drug-likeness (QED) is 0.342. The fourth-order valence-corrected chi connectivity index (χ4v) is 4.26. The number of allylic oxidation sites excluding steroid dienone is 1. The Hall–Kier alpha value is -2.40. The summed E-state index contributed by atoms with van der Waals surface area (Å²) >= 11 is 0. The molecule has 1 aliphatic heterocycles. The van der Waals surface area contributed by atoms with Crippen LogP contribution in [0.3, 0.4) is 0 Å². The van der Waals surface area contributed by atoms with Crippen LogP contribution in [-0.4, -0.2) is 41.9 Å². The average molecular weight is 453 g/mol. The summed E-state index contributed by atoms with van der Waals surface area (Å²) in [6.07, 6.45) is 5.79. The molecule has 180 valence electrons. The van der Waals surface area contributed by atoms with Crippen LogP contribution >= 0.6 is 0 Å². The summed E-state index contributed by atoms with van der Waals surface area (Å²) in [6.45, 7) is 13.7. The molecule has 1 aliphatic carbocycles. The molecule has 0 radical (unpaired) electrons. The minimum absolute atomic E-state index is 0.115. The van der Waals surface area contributed by atoms with Gasteiger partial charge in [-0.3, -0.25) is 14.5 Å². The highest BCUT2D eigenvalue weighted by molar-refractivity contribution is 6.36. The molecule has 1 atom stereocenters. The molecule has 5 heteroatoms. The Morgan fingerprint density at radius 2 is 1.73 bits per heavy atom. The Morgan fingerprint density at radius 1 is 1.06 bits per heavy atom. The number of imide groups is 1. The number of rotatable bonds is 12. The molecule has 5 nitrogen and oxygen atoms in total. The van der Waals surface area contributed by atoms with Crippen molar-refractivity contribution in [2.75, 3.05) is 13.2 Å². The molecule has 2 aliphatic rings. The predicted molar refractivity (Wildman–Crippen MR) is 134 cm³/mol. The van der Waals surface area contributed by atoms with E-state index in [1.165, 1.54) is 18.4 Å². The smallest absolute Gasteiger partial charge is 0.262 e. The van der Waals surface area contributed by atoms with E-state index in [0.717, 1.165) is 17.7 Å². The molecule has 1 unspecified atom stereocenters. The number of nitrogens with zero attached hydrogens (tertiary/aromatic N) is 1. The third kappa shape index (κ3) is 6.80. The maximum absolute atomic E-state index is 13.7. The lowest BCUT2D eigenvalue weighted by Crippen LogP contribution is -2.47. The van der Waals surface area contributed by atoms with Gasteiger partial charge in [-0.05, 0) is 75.1 Å². The molecule has 0 aromatic heterocycles.